The number of sulfonamides is 1. The summed E-state index contributed by atoms with van der Waals surface area (Å²) in [6.07, 6.45) is 0. The second-order valence-electron chi connectivity index (χ2n) is 4.29. The number of nitro groups is 1. The van der Waals surface area contributed by atoms with Gasteiger partial charge in [0.15, 0.2) is 0 Å². The Morgan fingerprint density at radius 2 is 1.71 bits per heavy atom. The molecule has 0 aliphatic heterocycles. The maximum atomic E-state index is 12.1. The summed E-state index contributed by atoms with van der Waals surface area (Å²) in [5.41, 5.74) is 6.36. The lowest BCUT2D eigenvalue weighted by molar-refractivity contribution is -0.384. The zero-order chi connectivity index (χ0) is 15.5. The van der Waals surface area contributed by atoms with Crippen LogP contribution in [0.25, 0.3) is 0 Å². The van der Waals surface area contributed by atoms with Gasteiger partial charge >= 0.3 is 0 Å². The average Bonchev–Trinajstić information content (AvgIpc) is 2.46. The van der Waals surface area contributed by atoms with Crippen molar-refractivity contribution in [3.63, 3.8) is 0 Å². The van der Waals surface area contributed by atoms with E-state index in [1.807, 2.05) is 0 Å². The highest BCUT2D eigenvalue weighted by Crippen LogP contribution is 2.18. The lowest BCUT2D eigenvalue weighted by atomic mass is 10.2. The summed E-state index contributed by atoms with van der Waals surface area (Å²) in [4.78, 5) is 10.0. The van der Waals surface area contributed by atoms with Crippen LogP contribution in [0.4, 0.5) is 11.4 Å². The fourth-order valence-corrected chi connectivity index (χ4v) is 2.87. The first-order valence-electron chi connectivity index (χ1n) is 5.97. The van der Waals surface area contributed by atoms with Crippen molar-refractivity contribution in [2.45, 2.75) is 11.4 Å². The molecule has 0 heterocycles. The number of nitrogens with one attached hydrogen (secondary N) is 1. The number of hydrogen-bond acceptors (Lipinski definition) is 5. The van der Waals surface area contributed by atoms with Crippen LogP contribution in [0.2, 0.25) is 0 Å². The molecule has 0 aliphatic carbocycles. The van der Waals surface area contributed by atoms with Gasteiger partial charge in [0.05, 0.1) is 10.6 Å². The largest absolute Gasteiger partial charge is 0.398 e. The van der Waals surface area contributed by atoms with Crippen molar-refractivity contribution >= 4 is 21.4 Å². The van der Waals surface area contributed by atoms with Gasteiger partial charge in [0.2, 0.25) is 10.0 Å². The number of non-ortho nitro benzene ring substituents is 1. The van der Waals surface area contributed by atoms with Gasteiger partial charge in [-0.2, -0.15) is 0 Å². The van der Waals surface area contributed by atoms with Crippen molar-refractivity contribution in [3.05, 3.63) is 64.2 Å². The topological polar surface area (TPSA) is 115 Å². The summed E-state index contributed by atoms with van der Waals surface area (Å²) < 4.78 is 26.6. The van der Waals surface area contributed by atoms with E-state index in [1.165, 1.54) is 36.4 Å². The molecule has 0 saturated carbocycles. The quantitative estimate of drug-likeness (QED) is 0.495. The van der Waals surface area contributed by atoms with E-state index >= 15 is 0 Å². The molecule has 8 heteroatoms. The molecule has 2 aromatic carbocycles. The Hall–Kier alpha value is -2.45. The Morgan fingerprint density at radius 1 is 1.10 bits per heavy atom. The molecule has 110 valence electrons. The molecule has 0 saturated heterocycles. The summed E-state index contributed by atoms with van der Waals surface area (Å²) >= 11 is 0. The van der Waals surface area contributed by atoms with E-state index in [2.05, 4.69) is 4.72 Å². The number of rotatable bonds is 5. The highest BCUT2D eigenvalue weighted by atomic mass is 32.2. The molecule has 0 bridgehead atoms. The average molecular weight is 307 g/mol. The third kappa shape index (κ3) is 3.56. The number of para-hydroxylation sites is 1. The maximum absolute atomic E-state index is 12.1. The van der Waals surface area contributed by atoms with E-state index in [0.717, 1.165) is 0 Å². The highest BCUT2D eigenvalue weighted by molar-refractivity contribution is 7.89. The Labute approximate surface area is 121 Å². The summed E-state index contributed by atoms with van der Waals surface area (Å²) in [6.45, 7) is 0.0225. The summed E-state index contributed by atoms with van der Waals surface area (Å²) in [5.74, 6) is 0. The van der Waals surface area contributed by atoms with Crippen LogP contribution in [0.15, 0.2) is 53.4 Å². The number of benzene rings is 2. The van der Waals surface area contributed by atoms with Crippen LogP contribution < -0.4 is 10.5 Å². The van der Waals surface area contributed by atoms with E-state index in [9.17, 15) is 18.5 Å². The van der Waals surface area contributed by atoms with Crippen LogP contribution in [-0.2, 0) is 16.6 Å². The van der Waals surface area contributed by atoms with Crippen molar-refractivity contribution in [1.82, 2.24) is 4.72 Å². The molecular weight excluding hydrogens is 294 g/mol. The molecule has 0 spiro atoms. The number of anilines is 1. The van der Waals surface area contributed by atoms with Crippen molar-refractivity contribution in [1.29, 1.82) is 0 Å². The number of nitrogens with zero attached hydrogens (tertiary/aromatic N) is 1. The first kappa shape index (κ1) is 14.9. The van der Waals surface area contributed by atoms with Crippen LogP contribution in [0.3, 0.4) is 0 Å². The molecule has 0 amide bonds. The van der Waals surface area contributed by atoms with Gasteiger partial charge in [-0.05, 0) is 17.7 Å². The van der Waals surface area contributed by atoms with Gasteiger partial charge in [0, 0.05) is 18.7 Å². The van der Waals surface area contributed by atoms with Crippen LogP contribution >= 0.6 is 0 Å². The Morgan fingerprint density at radius 3 is 2.29 bits per heavy atom. The van der Waals surface area contributed by atoms with Gasteiger partial charge in [-0.1, -0.05) is 24.3 Å². The minimum Gasteiger partial charge on any atom is -0.398 e. The van der Waals surface area contributed by atoms with Gasteiger partial charge in [-0.25, -0.2) is 13.1 Å². The Kier molecular flexibility index (Phi) is 4.20. The fraction of sp³-hybridized carbons (Fsp3) is 0.0769. The Balaban J connectivity index is 2.12. The molecule has 0 unspecified atom stereocenters. The molecule has 2 rings (SSSR count). The van der Waals surface area contributed by atoms with E-state index in [1.54, 1.807) is 12.1 Å². The van der Waals surface area contributed by atoms with E-state index in [4.69, 9.17) is 5.73 Å². The predicted octanol–water partition coefficient (Wildman–Crippen LogP) is 1.66. The Bertz CT molecular complexity index is 757. The molecule has 2 aromatic rings. The van der Waals surface area contributed by atoms with Gasteiger partial charge < -0.3 is 5.73 Å². The van der Waals surface area contributed by atoms with Gasteiger partial charge in [0.1, 0.15) is 4.90 Å². The van der Waals surface area contributed by atoms with Crippen LogP contribution in [-0.4, -0.2) is 13.3 Å². The maximum Gasteiger partial charge on any atom is 0.269 e. The SMILES string of the molecule is Nc1ccccc1S(=O)(=O)NCc1ccc([N+](=O)[O-])cc1. The molecule has 21 heavy (non-hydrogen) atoms. The second-order valence-corrected chi connectivity index (χ2v) is 6.02. The zero-order valence-electron chi connectivity index (χ0n) is 10.9. The lowest BCUT2D eigenvalue weighted by Gasteiger charge is -2.08. The fourth-order valence-electron chi connectivity index (χ4n) is 1.72. The smallest absolute Gasteiger partial charge is 0.269 e. The van der Waals surface area contributed by atoms with E-state index < -0.39 is 14.9 Å². The standard InChI is InChI=1S/C13H13N3O4S/c14-12-3-1-2-4-13(12)21(19,20)15-9-10-5-7-11(8-6-10)16(17)18/h1-8,15H,9,14H2. The van der Waals surface area contributed by atoms with Crippen LogP contribution in [0.5, 0.6) is 0 Å². The number of hydrogen-bond donors (Lipinski definition) is 2. The first-order valence-corrected chi connectivity index (χ1v) is 7.46. The monoisotopic (exact) mass is 307 g/mol. The third-order valence-corrected chi connectivity index (χ3v) is 4.30. The number of nitrogen functional groups attached to an aromatic ring is 1. The molecule has 0 aliphatic rings. The van der Waals surface area contributed by atoms with Crippen LogP contribution in [0, 0.1) is 10.1 Å². The van der Waals surface area contributed by atoms with Crippen molar-refractivity contribution < 1.29 is 13.3 Å². The van der Waals surface area contributed by atoms with Gasteiger partial charge in [0.25, 0.3) is 5.69 Å². The van der Waals surface area contributed by atoms with E-state index in [-0.39, 0.29) is 22.8 Å². The molecular formula is C13H13N3O4S. The summed E-state index contributed by atoms with van der Waals surface area (Å²) in [5, 5.41) is 10.5. The summed E-state index contributed by atoms with van der Waals surface area (Å²) in [7, 11) is -3.72. The molecule has 0 radical (unpaired) electrons. The van der Waals surface area contributed by atoms with Gasteiger partial charge in [-0.15, -0.1) is 0 Å². The normalized spacial score (nSPS) is 11.2. The van der Waals surface area contributed by atoms with Crippen molar-refractivity contribution in [2.24, 2.45) is 0 Å². The minimum absolute atomic E-state index is 0.00640. The number of nitro benzene ring substituents is 1. The zero-order valence-corrected chi connectivity index (χ0v) is 11.7. The second kappa shape index (κ2) is 5.90. The first-order chi connectivity index (χ1) is 9.90. The minimum atomic E-state index is -3.72. The molecule has 7 nitrogen and oxygen atoms in total. The third-order valence-electron chi connectivity index (χ3n) is 2.82. The summed E-state index contributed by atoms with van der Waals surface area (Å²) in [6, 6.07) is 11.8. The lowest BCUT2D eigenvalue weighted by Crippen LogP contribution is -2.24. The molecule has 0 aromatic heterocycles. The van der Waals surface area contributed by atoms with Crippen molar-refractivity contribution in [3.8, 4) is 0 Å². The molecule has 3 N–H and O–H groups in total. The molecule has 0 fully saturated rings. The van der Waals surface area contributed by atoms with Gasteiger partial charge in [-0.3, -0.25) is 10.1 Å². The predicted molar refractivity (Wildman–Crippen MR) is 78.0 cm³/mol. The van der Waals surface area contributed by atoms with Crippen LogP contribution in [0.1, 0.15) is 5.56 Å². The number of nitrogens with two attached hydrogens (primary N) is 1. The van der Waals surface area contributed by atoms with E-state index in [0.29, 0.717) is 5.56 Å². The van der Waals surface area contributed by atoms with Crippen molar-refractivity contribution in [2.75, 3.05) is 5.73 Å². The highest BCUT2D eigenvalue weighted by Gasteiger charge is 2.16. The molecule has 0 atom stereocenters.